The van der Waals surface area contributed by atoms with Crippen LogP contribution in [0.5, 0.6) is 0 Å². The van der Waals surface area contributed by atoms with Crippen LogP contribution in [0.25, 0.3) is 0 Å². The summed E-state index contributed by atoms with van der Waals surface area (Å²) in [6.45, 7) is 4.18. The Kier molecular flexibility index (Phi) is 3.27. The van der Waals surface area contributed by atoms with Gasteiger partial charge in [-0.05, 0) is 27.4 Å². The Morgan fingerprint density at radius 3 is 2.00 bits per heavy atom. The van der Waals surface area contributed by atoms with Gasteiger partial charge in [0, 0.05) is 0 Å². The lowest BCUT2D eigenvalue weighted by molar-refractivity contribution is 0.867. The molecular weight excluding hydrogens is 267 g/mol. The smallest absolute Gasteiger partial charge is 0.109 e. The molecular formula is C7H7BrCl2S. The third-order valence-corrected chi connectivity index (χ3v) is 4.33. The molecule has 0 nitrogen and oxygen atoms in total. The average molecular weight is 274 g/mol. The van der Waals surface area contributed by atoms with E-state index in [1.54, 1.807) is 0 Å². The lowest BCUT2D eigenvalue weighted by atomic mass is 10.1. The van der Waals surface area contributed by atoms with E-state index < -0.39 is 0 Å². The summed E-state index contributed by atoms with van der Waals surface area (Å²) in [5, 5.41) is 0. The van der Waals surface area contributed by atoms with Crippen LogP contribution in [0.15, 0.2) is 4.47 Å². The number of hydrogen-bond donors (Lipinski definition) is 0. The molecule has 11 heavy (non-hydrogen) atoms. The van der Waals surface area contributed by atoms with E-state index in [9.17, 15) is 0 Å². The topological polar surface area (TPSA) is 0 Å². The SMILES string of the molecule is CC(C)c1c(Cl)sc(Cl)c1Br. The van der Waals surface area contributed by atoms with Crippen molar-refractivity contribution in [2.45, 2.75) is 19.8 Å². The first-order chi connectivity index (χ1) is 5.04. The van der Waals surface area contributed by atoms with Crippen LogP contribution in [0.4, 0.5) is 0 Å². The summed E-state index contributed by atoms with van der Waals surface area (Å²) in [6, 6.07) is 0. The van der Waals surface area contributed by atoms with Gasteiger partial charge >= 0.3 is 0 Å². The zero-order valence-corrected chi connectivity index (χ0v) is 10.0. The molecule has 4 heteroatoms. The van der Waals surface area contributed by atoms with Crippen molar-refractivity contribution in [3.8, 4) is 0 Å². The molecule has 0 radical (unpaired) electrons. The molecule has 1 heterocycles. The van der Waals surface area contributed by atoms with Crippen molar-refractivity contribution < 1.29 is 0 Å². The molecule has 0 atom stereocenters. The summed E-state index contributed by atoms with van der Waals surface area (Å²) < 4.78 is 2.47. The first kappa shape index (κ1) is 9.85. The molecule has 0 unspecified atom stereocenters. The minimum absolute atomic E-state index is 0.417. The number of rotatable bonds is 1. The van der Waals surface area contributed by atoms with Crippen LogP contribution >= 0.6 is 50.5 Å². The summed E-state index contributed by atoms with van der Waals surface area (Å²) >= 11 is 16.6. The Hall–Kier alpha value is 0.760. The first-order valence-corrected chi connectivity index (χ1v) is 5.53. The molecule has 0 saturated heterocycles. The molecule has 0 spiro atoms. The Morgan fingerprint density at radius 2 is 1.82 bits per heavy atom. The van der Waals surface area contributed by atoms with Crippen molar-refractivity contribution in [3.63, 3.8) is 0 Å². The molecule has 0 fully saturated rings. The van der Waals surface area contributed by atoms with E-state index >= 15 is 0 Å². The Bertz CT molecular complexity index is 268. The van der Waals surface area contributed by atoms with Crippen molar-refractivity contribution in [1.29, 1.82) is 0 Å². The van der Waals surface area contributed by atoms with Gasteiger partial charge in [0.2, 0.25) is 0 Å². The summed E-state index contributed by atoms with van der Waals surface area (Å²) in [7, 11) is 0. The van der Waals surface area contributed by atoms with Crippen LogP contribution in [0.3, 0.4) is 0 Å². The fourth-order valence-electron chi connectivity index (χ4n) is 0.851. The predicted octanol–water partition coefficient (Wildman–Crippen LogP) is 4.94. The summed E-state index contributed by atoms with van der Waals surface area (Å²) in [4.78, 5) is 0. The highest BCUT2D eigenvalue weighted by atomic mass is 79.9. The fraction of sp³-hybridized carbons (Fsp3) is 0.429. The predicted molar refractivity (Wildman–Crippen MR) is 56.1 cm³/mol. The fourth-order valence-corrected chi connectivity index (χ4v) is 3.80. The van der Waals surface area contributed by atoms with Gasteiger partial charge in [-0.1, -0.05) is 37.0 Å². The molecule has 0 saturated carbocycles. The molecule has 0 N–H and O–H groups in total. The molecule has 1 aromatic heterocycles. The van der Waals surface area contributed by atoms with Crippen LogP contribution in [0, 0.1) is 0 Å². The van der Waals surface area contributed by atoms with E-state index in [1.165, 1.54) is 11.3 Å². The Labute approximate surface area is 88.6 Å². The highest BCUT2D eigenvalue weighted by Gasteiger charge is 2.15. The van der Waals surface area contributed by atoms with Gasteiger partial charge in [0.25, 0.3) is 0 Å². The quantitative estimate of drug-likeness (QED) is 0.680. The maximum atomic E-state index is 5.95. The van der Waals surface area contributed by atoms with Crippen molar-refractivity contribution in [3.05, 3.63) is 18.7 Å². The molecule has 0 amide bonds. The number of halogens is 3. The van der Waals surface area contributed by atoms with Gasteiger partial charge in [-0.3, -0.25) is 0 Å². The standard InChI is InChI=1S/C7H7BrCl2S/c1-3(2)4-5(8)7(10)11-6(4)9/h3H,1-2H3. The molecule has 1 aromatic rings. The molecule has 0 aliphatic heterocycles. The molecule has 62 valence electrons. The largest absolute Gasteiger partial charge is 0.110 e. The molecule has 0 bridgehead atoms. The van der Waals surface area contributed by atoms with E-state index in [0.717, 1.165) is 18.7 Å². The average Bonchev–Trinajstić information content (AvgIpc) is 2.07. The minimum Gasteiger partial charge on any atom is -0.110 e. The highest BCUT2D eigenvalue weighted by Crippen LogP contribution is 2.43. The minimum atomic E-state index is 0.417. The van der Waals surface area contributed by atoms with Crippen molar-refractivity contribution >= 4 is 50.5 Å². The maximum Gasteiger partial charge on any atom is 0.109 e. The number of hydrogen-bond acceptors (Lipinski definition) is 1. The van der Waals surface area contributed by atoms with Gasteiger partial charge < -0.3 is 0 Å². The first-order valence-electron chi connectivity index (χ1n) is 3.17. The van der Waals surface area contributed by atoms with E-state index in [-0.39, 0.29) is 0 Å². The summed E-state index contributed by atoms with van der Waals surface area (Å²) in [5.41, 5.74) is 1.11. The molecule has 1 rings (SSSR count). The van der Waals surface area contributed by atoms with Crippen molar-refractivity contribution in [2.75, 3.05) is 0 Å². The van der Waals surface area contributed by atoms with E-state index in [1.807, 2.05) is 0 Å². The zero-order valence-electron chi connectivity index (χ0n) is 6.12. The summed E-state index contributed by atoms with van der Waals surface area (Å²) in [5.74, 6) is 0.417. The Morgan fingerprint density at radius 1 is 1.27 bits per heavy atom. The monoisotopic (exact) mass is 272 g/mol. The third kappa shape index (κ3) is 1.92. The molecule has 0 aliphatic carbocycles. The van der Waals surface area contributed by atoms with Crippen LogP contribution in [-0.2, 0) is 0 Å². The maximum absolute atomic E-state index is 5.95. The second-order valence-corrected chi connectivity index (χ2v) is 5.55. The van der Waals surface area contributed by atoms with Gasteiger partial charge in [-0.2, -0.15) is 0 Å². The van der Waals surface area contributed by atoms with Gasteiger partial charge in [0.1, 0.15) is 4.34 Å². The summed E-state index contributed by atoms with van der Waals surface area (Å²) in [6.07, 6.45) is 0. The van der Waals surface area contributed by atoms with E-state index in [2.05, 4.69) is 29.8 Å². The second-order valence-electron chi connectivity index (χ2n) is 2.53. The van der Waals surface area contributed by atoms with E-state index in [0.29, 0.717) is 5.92 Å². The lowest BCUT2D eigenvalue weighted by Gasteiger charge is -2.02. The van der Waals surface area contributed by atoms with Crippen LogP contribution in [0.2, 0.25) is 8.67 Å². The highest BCUT2D eigenvalue weighted by molar-refractivity contribution is 9.10. The normalized spacial score (nSPS) is 11.1. The van der Waals surface area contributed by atoms with Gasteiger partial charge in [-0.25, -0.2) is 0 Å². The van der Waals surface area contributed by atoms with Gasteiger partial charge in [0.05, 0.1) is 8.81 Å². The van der Waals surface area contributed by atoms with Crippen molar-refractivity contribution in [1.82, 2.24) is 0 Å². The second kappa shape index (κ2) is 3.65. The Balaban J connectivity index is 3.22. The number of thiophene rings is 1. The molecule has 0 aromatic carbocycles. The lowest BCUT2D eigenvalue weighted by Crippen LogP contribution is -1.84. The van der Waals surface area contributed by atoms with Crippen LogP contribution < -0.4 is 0 Å². The van der Waals surface area contributed by atoms with Crippen LogP contribution in [0.1, 0.15) is 25.3 Å². The zero-order chi connectivity index (χ0) is 8.59. The van der Waals surface area contributed by atoms with E-state index in [4.69, 9.17) is 23.2 Å². The molecule has 0 aliphatic rings. The van der Waals surface area contributed by atoms with Crippen LogP contribution in [-0.4, -0.2) is 0 Å². The van der Waals surface area contributed by atoms with Gasteiger partial charge in [0.15, 0.2) is 0 Å². The third-order valence-electron chi connectivity index (χ3n) is 1.38. The van der Waals surface area contributed by atoms with Gasteiger partial charge in [-0.15, -0.1) is 11.3 Å². The van der Waals surface area contributed by atoms with Crippen molar-refractivity contribution in [2.24, 2.45) is 0 Å².